The number of esters is 4. The minimum atomic E-state index is -4.97. The van der Waals surface area contributed by atoms with E-state index in [4.69, 9.17) is 37.0 Å². The van der Waals surface area contributed by atoms with Crippen molar-refractivity contribution in [3.05, 3.63) is 0 Å². The van der Waals surface area contributed by atoms with Crippen molar-refractivity contribution in [2.75, 3.05) is 39.6 Å². The van der Waals surface area contributed by atoms with Gasteiger partial charge in [0.1, 0.15) is 19.3 Å². The van der Waals surface area contributed by atoms with Gasteiger partial charge in [-0.05, 0) is 31.6 Å². The zero-order valence-corrected chi connectivity index (χ0v) is 77.0. The third-order valence-corrected chi connectivity index (χ3v) is 24.4. The van der Waals surface area contributed by atoms with E-state index in [1.807, 2.05) is 0 Å². The van der Waals surface area contributed by atoms with Gasteiger partial charge >= 0.3 is 39.5 Å². The predicted octanol–water partition coefficient (Wildman–Crippen LogP) is 29.9. The molecule has 0 spiro atoms. The van der Waals surface area contributed by atoms with Crippen molar-refractivity contribution in [3.8, 4) is 0 Å². The number of carbonyl (C=O) groups excluding carboxylic acids is 4. The van der Waals surface area contributed by atoms with E-state index >= 15 is 0 Å². The number of ether oxygens (including phenoxy) is 4. The Kier molecular flexibility index (Phi) is 85.9. The summed E-state index contributed by atoms with van der Waals surface area (Å²) in [7, 11) is -9.94. The average Bonchev–Trinajstić information content (AvgIpc) is 0.900. The summed E-state index contributed by atoms with van der Waals surface area (Å²) in [6.45, 7) is 7.40. The number of hydrogen-bond acceptors (Lipinski definition) is 15. The van der Waals surface area contributed by atoms with Gasteiger partial charge in [-0.25, -0.2) is 9.13 Å². The lowest BCUT2D eigenvalue weighted by molar-refractivity contribution is -0.161. The maximum absolute atomic E-state index is 13.2. The molecule has 0 aliphatic carbocycles. The zero-order valence-electron chi connectivity index (χ0n) is 75.2. The van der Waals surface area contributed by atoms with Gasteiger partial charge in [0.15, 0.2) is 12.2 Å². The lowest BCUT2D eigenvalue weighted by Crippen LogP contribution is -2.30. The third-order valence-electron chi connectivity index (χ3n) is 22.5. The van der Waals surface area contributed by atoms with Crippen molar-refractivity contribution in [1.29, 1.82) is 0 Å². The predicted molar refractivity (Wildman–Crippen MR) is 474 cm³/mol. The summed E-state index contributed by atoms with van der Waals surface area (Å²) < 4.78 is 69.2. The van der Waals surface area contributed by atoms with E-state index in [-0.39, 0.29) is 25.7 Å². The van der Waals surface area contributed by atoms with Crippen LogP contribution in [0.5, 0.6) is 0 Å². The van der Waals surface area contributed by atoms with Crippen molar-refractivity contribution in [2.24, 2.45) is 5.92 Å². The summed E-state index contributed by atoms with van der Waals surface area (Å²) in [4.78, 5) is 73.6. The van der Waals surface area contributed by atoms with E-state index in [2.05, 4.69) is 34.6 Å². The molecule has 0 aromatic carbocycles. The second-order valence-corrected chi connectivity index (χ2v) is 37.5. The minimum Gasteiger partial charge on any atom is -0.462 e. The molecular weight excluding hydrogens is 1470 g/mol. The van der Waals surface area contributed by atoms with Crippen LogP contribution in [0.25, 0.3) is 0 Å². The third kappa shape index (κ3) is 87.9. The Labute approximate surface area is 702 Å². The summed E-state index contributed by atoms with van der Waals surface area (Å²) in [6.07, 6.45) is 85.0. The fraction of sp³-hybridized carbons (Fsp3) is 0.958. The Bertz CT molecular complexity index is 2150. The number of aliphatic hydroxyl groups is 1. The first-order chi connectivity index (χ1) is 55.5. The first-order valence-corrected chi connectivity index (χ1v) is 52.1. The number of carbonyl (C=O) groups is 4. The van der Waals surface area contributed by atoms with Crippen molar-refractivity contribution < 1.29 is 80.2 Å². The molecule has 114 heavy (non-hydrogen) atoms. The zero-order chi connectivity index (χ0) is 83.3. The van der Waals surface area contributed by atoms with Gasteiger partial charge in [-0.1, -0.05) is 471 Å². The minimum absolute atomic E-state index is 0.109. The number of phosphoric acid groups is 2. The molecule has 0 aromatic heterocycles. The van der Waals surface area contributed by atoms with Gasteiger partial charge in [-0.15, -0.1) is 0 Å². The van der Waals surface area contributed by atoms with Crippen LogP contribution < -0.4 is 0 Å². The summed E-state index contributed by atoms with van der Waals surface area (Å²) in [5, 5.41) is 10.7. The first-order valence-electron chi connectivity index (χ1n) is 49.1. The van der Waals surface area contributed by atoms with Crippen LogP contribution in [0.1, 0.15) is 523 Å². The van der Waals surface area contributed by atoms with Crippen LogP contribution in [0.15, 0.2) is 0 Å². The highest BCUT2D eigenvalue weighted by Gasteiger charge is 2.31. The van der Waals surface area contributed by atoms with E-state index in [0.717, 1.165) is 95.8 Å². The molecule has 0 heterocycles. The molecule has 0 amide bonds. The van der Waals surface area contributed by atoms with Gasteiger partial charge in [-0.3, -0.25) is 37.3 Å². The van der Waals surface area contributed by atoms with Gasteiger partial charge in [0.2, 0.25) is 0 Å². The highest BCUT2D eigenvalue weighted by atomic mass is 31.2. The Balaban J connectivity index is 5.23. The Hall–Kier alpha value is -1.94. The Morgan fingerprint density at radius 2 is 0.404 bits per heavy atom. The smallest absolute Gasteiger partial charge is 0.462 e. The molecule has 0 saturated heterocycles. The summed E-state index contributed by atoms with van der Waals surface area (Å²) in [5.41, 5.74) is 0. The van der Waals surface area contributed by atoms with Crippen LogP contribution in [0.4, 0.5) is 0 Å². The molecule has 19 heteroatoms. The van der Waals surface area contributed by atoms with Crippen molar-refractivity contribution in [3.63, 3.8) is 0 Å². The molecule has 17 nitrogen and oxygen atoms in total. The van der Waals surface area contributed by atoms with Crippen molar-refractivity contribution in [2.45, 2.75) is 541 Å². The quantitative estimate of drug-likeness (QED) is 0.0222. The maximum atomic E-state index is 13.2. The Morgan fingerprint density at radius 3 is 0.596 bits per heavy atom. The molecule has 5 atom stereocenters. The fourth-order valence-electron chi connectivity index (χ4n) is 15.1. The van der Waals surface area contributed by atoms with Crippen molar-refractivity contribution >= 4 is 39.5 Å². The first kappa shape index (κ1) is 112. The number of unbranched alkanes of at least 4 members (excludes halogenated alkanes) is 67. The topological polar surface area (TPSA) is 237 Å². The van der Waals surface area contributed by atoms with E-state index in [0.29, 0.717) is 25.7 Å². The molecule has 3 N–H and O–H groups in total. The fourth-order valence-corrected chi connectivity index (χ4v) is 16.6. The number of rotatable bonds is 95. The lowest BCUT2D eigenvalue weighted by Gasteiger charge is -2.21. The maximum Gasteiger partial charge on any atom is 0.472 e. The van der Waals surface area contributed by atoms with E-state index in [1.165, 1.54) is 347 Å². The SMILES string of the molecule is CCCCCCCCCCCCCCCCCCCCCCCC(=O)OC[C@H](COP(=O)(O)OC[C@@H](O)COP(=O)(O)OC[C@@H](COC(=O)CCCCCCCCCCCC(C)C)OC(=O)CCCCCCCCCCCCCCCCCCCCCC)OC(=O)CCCCCCCCCCCCCCCCCCCCCCC. The van der Waals surface area contributed by atoms with Gasteiger partial charge in [-0.2, -0.15) is 0 Å². The monoisotopic (exact) mass is 1660 g/mol. The molecule has 0 aromatic rings. The largest absolute Gasteiger partial charge is 0.472 e. The highest BCUT2D eigenvalue weighted by molar-refractivity contribution is 7.47. The number of aliphatic hydroxyl groups excluding tert-OH is 1. The summed E-state index contributed by atoms with van der Waals surface area (Å²) in [6, 6.07) is 0. The van der Waals surface area contributed by atoms with Crippen LogP contribution >= 0.6 is 15.6 Å². The van der Waals surface area contributed by atoms with Crippen LogP contribution in [-0.4, -0.2) is 96.7 Å². The van der Waals surface area contributed by atoms with Gasteiger partial charge in [0.05, 0.1) is 26.4 Å². The molecule has 0 aliphatic rings. The lowest BCUT2D eigenvalue weighted by atomic mass is 10.0. The van der Waals surface area contributed by atoms with Gasteiger partial charge < -0.3 is 33.8 Å². The summed E-state index contributed by atoms with van der Waals surface area (Å²) in [5.74, 6) is -1.35. The average molecular weight is 1660 g/mol. The summed E-state index contributed by atoms with van der Waals surface area (Å²) >= 11 is 0. The molecule has 0 bridgehead atoms. The van der Waals surface area contributed by atoms with Crippen LogP contribution in [0.3, 0.4) is 0 Å². The molecule has 0 rings (SSSR count). The van der Waals surface area contributed by atoms with Gasteiger partial charge in [0.25, 0.3) is 0 Å². The van der Waals surface area contributed by atoms with E-state index in [9.17, 15) is 43.2 Å². The van der Waals surface area contributed by atoms with E-state index in [1.54, 1.807) is 0 Å². The van der Waals surface area contributed by atoms with Crippen LogP contribution in [-0.2, 0) is 65.4 Å². The normalized spacial score (nSPS) is 13.6. The van der Waals surface area contributed by atoms with E-state index < -0.39 is 97.5 Å². The standard InChI is InChI=1S/C95H186O17P2/c1-6-9-12-15-18-21-24-27-30-33-36-39-42-44-47-50-53-58-63-68-73-78-92(97)105-84-90(111-94(99)80-75-71-66-60-55-52-49-46-43-40-37-34-31-28-25-22-19-16-13-10-7-2)86-109-113(101,102)107-82-89(96)83-108-114(103,104)110-87-91(85-106-93(98)79-74-69-64-61-56-57-62-67-72-77-88(4)5)112-95(100)81-76-70-65-59-54-51-48-45-41-38-35-32-29-26-23-20-17-14-11-8-3/h88-91,96H,6-87H2,1-5H3,(H,101,102)(H,103,104)/t89-,90-,91-/m1/s1. The highest BCUT2D eigenvalue weighted by Crippen LogP contribution is 2.45. The molecule has 0 saturated carbocycles. The molecule has 0 aliphatic heterocycles. The Morgan fingerprint density at radius 1 is 0.237 bits per heavy atom. The second kappa shape index (κ2) is 87.4. The number of phosphoric ester groups is 2. The molecular formula is C95H186O17P2. The number of hydrogen-bond donors (Lipinski definition) is 3. The van der Waals surface area contributed by atoms with Crippen LogP contribution in [0, 0.1) is 5.92 Å². The van der Waals surface area contributed by atoms with Crippen molar-refractivity contribution in [1.82, 2.24) is 0 Å². The molecule has 0 fully saturated rings. The molecule has 2 unspecified atom stereocenters. The molecule has 678 valence electrons. The van der Waals surface area contributed by atoms with Gasteiger partial charge in [0, 0.05) is 25.7 Å². The second-order valence-electron chi connectivity index (χ2n) is 34.6. The van der Waals surface area contributed by atoms with Crippen LogP contribution in [0.2, 0.25) is 0 Å². The molecule has 0 radical (unpaired) electrons.